The van der Waals surface area contributed by atoms with Crippen LogP contribution in [0.4, 0.5) is 17.8 Å². The number of nitrogens with zero attached hydrogens (tertiary/aromatic N) is 4. The van der Waals surface area contributed by atoms with Crippen molar-refractivity contribution < 1.29 is 9.90 Å². The molecule has 2 rings (SSSR count). The Morgan fingerprint density at radius 2 is 1.79 bits per heavy atom. The first-order valence-electron chi connectivity index (χ1n) is 8.39. The summed E-state index contributed by atoms with van der Waals surface area (Å²) in [5.41, 5.74) is -0.827. The van der Waals surface area contributed by atoms with Gasteiger partial charge in [0, 0.05) is 25.2 Å². The molecule has 1 aliphatic rings. The van der Waals surface area contributed by atoms with Gasteiger partial charge in [-0.15, -0.1) is 0 Å². The second-order valence-electron chi connectivity index (χ2n) is 7.54. The minimum atomic E-state index is -0.735. The van der Waals surface area contributed by atoms with E-state index in [1.807, 2.05) is 32.6 Å². The molecule has 2 heterocycles. The van der Waals surface area contributed by atoms with Crippen molar-refractivity contribution in [1.29, 1.82) is 0 Å². The summed E-state index contributed by atoms with van der Waals surface area (Å²) in [6.07, 6.45) is 1.15. The Bertz CT molecular complexity index is 591. The summed E-state index contributed by atoms with van der Waals surface area (Å²) in [6.45, 7) is 11.9. The fourth-order valence-electron chi connectivity index (χ4n) is 2.55. The maximum absolute atomic E-state index is 11.4. The monoisotopic (exact) mass is 336 g/mol. The number of carbonyl (C=O) groups is 1. The molecule has 134 valence electrons. The van der Waals surface area contributed by atoms with Gasteiger partial charge in [-0.2, -0.15) is 15.0 Å². The highest BCUT2D eigenvalue weighted by Gasteiger charge is 2.37. The van der Waals surface area contributed by atoms with E-state index in [9.17, 15) is 9.90 Å². The van der Waals surface area contributed by atoms with Gasteiger partial charge in [0.25, 0.3) is 0 Å². The smallest absolute Gasteiger partial charge is 0.309 e. The van der Waals surface area contributed by atoms with Crippen LogP contribution in [0.15, 0.2) is 0 Å². The molecule has 0 unspecified atom stereocenters. The van der Waals surface area contributed by atoms with Crippen LogP contribution in [0.5, 0.6) is 0 Å². The fraction of sp³-hybridized carbons (Fsp3) is 0.750. The number of aromatic nitrogens is 3. The van der Waals surface area contributed by atoms with Crippen LogP contribution in [-0.2, 0) is 4.79 Å². The Morgan fingerprint density at radius 3 is 2.29 bits per heavy atom. The zero-order valence-corrected chi connectivity index (χ0v) is 15.2. The first-order chi connectivity index (χ1) is 11.1. The molecule has 1 aromatic heterocycles. The highest BCUT2D eigenvalue weighted by Crippen LogP contribution is 2.32. The zero-order chi connectivity index (χ0) is 18.0. The lowest BCUT2D eigenvalue weighted by Crippen LogP contribution is -2.43. The summed E-state index contributed by atoms with van der Waals surface area (Å²) >= 11 is 0. The molecule has 0 saturated carbocycles. The summed E-state index contributed by atoms with van der Waals surface area (Å²) in [6, 6.07) is 0. The number of hydrogen-bond acceptors (Lipinski definition) is 7. The van der Waals surface area contributed by atoms with Gasteiger partial charge < -0.3 is 20.6 Å². The molecule has 8 heteroatoms. The number of piperidine rings is 1. The number of carboxylic acid groups (broad SMARTS) is 1. The summed E-state index contributed by atoms with van der Waals surface area (Å²) < 4.78 is 0. The lowest BCUT2D eigenvalue weighted by molar-refractivity contribution is -0.149. The van der Waals surface area contributed by atoms with E-state index in [1.54, 1.807) is 6.92 Å². The van der Waals surface area contributed by atoms with Gasteiger partial charge in [0.05, 0.1) is 5.41 Å². The molecule has 1 aliphatic heterocycles. The highest BCUT2D eigenvalue weighted by molar-refractivity contribution is 5.74. The van der Waals surface area contributed by atoms with Gasteiger partial charge >= 0.3 is 5.97 Å². The molecule has 3 N–H and O–H groups in total. The number of anilines is 3. The average molecular weight is 336 g/mol. The quantitative estimate of drug-likeness (QED) is 0.752. The maximum Gasteiger partial charge on any atom is 0.309 e. The van der Waals surface area contributed by atoms with E-state index in [-0.39, 0.29) is 5.54 Å². The average Bonchev–Trinajstić information content (AvgIpc) is 2.46. The lowest BCUT2D eigenvalue weighted by Gasteiger charge is -2.36. The van der Waals surface area contributed by atoms with E-state index in [1.165, 1.54) is 0 Å². The molecule has 0 atom stereocenters. The molecule has 1 saturated heterocycles. The topological polar surface area (TPSA) is 103 Å². The molecule has 0 amide bonds. The molecular weight excluding hydrogens is 308 g/mol. The summed E-state index contributed by atoms with van der Waals surface area (Å²) in [4.78, 5) is 26.8. The van der Waals surface area contributed by atoms with Gasteiger partial charge in [-0.25, -0.2) is 0 Å². The SMILES string of the molecule is CCNc1nc(NC(C)(C)C)nc(N2CCC(C)(C(=O)O)CC2)n1. The largest absolute Gasteiger partial charge is 0.481 e. The minimum Gasteiger partial charge on any atom is -0.481 e. The lowest BCUT2D eigenvalue weighted by atomic mass is 9.80. The number of hydrogen-bond donors (Lipinski definition) is 3. The van der Waals surface area contributed by atoms with E-state index in [0.29, 0.717) is 43.8 Å². The third-order valence-electron chi connectivity index (χ3n) is 4.11. The summed E-state index contributed by atoms with van der Waals surface area (Å²) in [5, 5.41) is 15.8. The fourth-order valence-corrected chi connectivity index (χ4v) is 2.55. The molecule has 1 fully saturated rings. The minimum absolute atomic E-state index is 0.161. The van der Waals surface area contributed by atoms with Crippen LogP contribution >= 0.6 is 0 Å². The predicted molar refractivity (Wildman–Crippen MR) is 94.6 cm³/mol. The van der Waals surface area contributed by atoms with Crippen LogP contribution in [0.2, 0.25) is 0 Å². The summed E-state index contributed by atoms with van der Waals surface area (Å²) in [5.74, 6) is 0.900. The van der Waals surface area contributed by atoms with E-state index < -0.39 is 11.4 Å². The van der Waals surface area contributed by atoms with Gasteiger partial charge in [0.15, 0.2) is 0 Å². The van der Waals surface area contributed by atoms with E-state index in [2.05, 4.69) is 25.6 Å². The van der Waals surface area contributed by atoms with E-state index in [0.717, 1.165) is 6.54 Å². The number of aliphatic carboxylic acids is 1. The van der Waals surface area contributed by atoms with Crippen molar-refractivity contribution in [2.24, 2.45) is 5.41 Å². The molecule has 0 bridgehead atoms. The number of carboxylic acids is 1. The van der Waals surface area contributed by atoms with Crippen molar-refractivity contribution in [3.05, 3.63) is 0 Å². The first-order valence-corrected chi connectivity index (χ1v) is 8.39. The first kappa shape index (κ1) is 18.2. The molecule has 0 aromatic carbocycles. The van der Waals surface area contributed by atoms with Crippen molar-refractivity contribution in [2.45, 2.75) is 53.0 Å². The molecule has 0 aliphatic carbocycles. The molecule has 24 heavy (non-hydrogen) atoms. The maximum atomic E-state index is 11.4. The summed E-state index contributed by atoms with van der Waals surface area (Å²) in [7, 11) is 0. The standard InChI is InChI=1S/C16H28N6O2/c1-6-17-12-18-13(21-15(2,3)4)20-14(19-12)22-9-7-16(5,8-10-22)11(23)24/h6-10H2,1-5H3,(H,23,24)(H2,17,18,19,20,21). The number of nitrogens with one attached hydrogen (secondary N) is 2. The Balaban J connectivity index is 2.21. The zero-order valence-electron chi connectivity index (χ0n) is 15.2. The van der Waals surface area contributed by atoms with Crippen molar-refractivity contribution in [3.8, 4) is 0 Å². The van der Waals surface area contributed by atoms with Gasteiger partial charge in [-0.3, -0.25) is 4.79 Å². The van der Waals surface area contributed by atoms with Crippen LogP contribution in [0.3, 0.4) is 0 Å². The van der Waals surface area contributed by atoms with Crippen molar-refractivity contribution in [2.75, 3.05) is 35.2 Å². The van der Waals surface area contributed by atoms with Crippen LogP contribution in [0.1, 0.15) is 47.5 Å². The Hall–Kier alpha value is -2.12. The third kappa shape index (κ3) is 4.46. The van der Waals surface area contributed by atoms with Gasteiger partial charge in [-0.1, -0.05) is 0 Å². The van der Waals surface area contributed by atoms with Gasteiger partial charge in [-0.05, 0) is 47.5 Å². The second-order valence-corrected chi connectivity index (χ2v) is 7.54. The van der Waals surface area contributed by atoms with Crippen LogP contribution in [-0.4, -0.2) is 51.2 Å². The van der Waals surface area contributed by atoms with E-state index >= 15 is 0 Å². The Labute approximate surface area is 143 Å². The molecule has 1 aromatic rings. The Kier molecular flexibility index (Phi) is 5.15. The Morgan fingerprint density at radius 1 is 1.21 bits per heavy atom. The highest BCUT2D eigenvalue weighted by atomic mass is 16.4. The molecular formula is C16H28N6O2. The predicted octanol–water partition coefficient (Wildman–Crippen LogP) is 2.20. The van der Waals surface area contributed by atoms with Crippen LogP contribution in [0, 0.1) is 5.41 Å². The van der Waals surface area contributed by atoms with E-state index in [4.69, 9.17) is 0 Å². The van der Waals surface area contributed by atoms with Gasteiger partial charge in [0.1, 0.15) is 0 Å². The molecule has 8 nitrogen and oxygen atoms in total. The van der Waals surface area contributed by atoms with Crippen LogP contribution < -0.4 is 15.5 Å². The second kappa shape index (κ2) is 6.78. The van der Waals surface area contributed by atoms with Crippen LogP contribution in [0.25, 0.3) is 0 Å². The van der Waals surface area contributed by atoms with Gasteiger partial charge in [0.2, 0.25) is 17.8 Å². The van der Waals surface area contributed by atoms with Crippen molar-refractivity contribution in [3.63, 3.8) is 0 Å². The van der Waals surface area contributed by atoms with Crippen molar-refractivity contribution >= 4 is 23.8 Å². The normalized spacial score (nSPS) is 17.5. The molecule has 0 radical (unpaired) electrons. The third-order valence-corrected chi connectivity index (χ3v) is 4.11. The molecule has 0 spiro atoms. The van der Waals surface area contributed by atoms with Crippen molar-refractivity contribution in [1.82, 2.24) is 15.0 Å². The number of rotatable bonds is 5.